The Kier molecular flexibility index (Phi) is 6.71. The van der Waals surface area contributed by atoms with Crippen molar-refractivity contribution in [3.05, 3.63) is 66.2 Å². The third-order valence-electron chi connectivity index (χ3n) is 3.35. The van der Waals surface area contributed by atoms with Gasteiger partial charge in [0.1, 0.15) is 6.54 Å². The van der Waals surface area contributed by atoms with Crippen molar-refractivity contribution in [2.75, 3.05) is 18.9 Å². The van der Waals surface area contributed by atoms with Gasteiger partial charge in [-0.25, -0.2) is 8.42 Å². The smallest absolute Gasteiger partial charge is 0.325 e. The first-order chi connectivity index (χ1) is 12.0. The molecule has 2 aromatic rings. The molecule has 132 valence electrons. The lowest BCUT2D eigenvalue weighted by Crippen LogP contribution is -2.30. The zero-order valence-corrected chi connectivity index (χ0v) is 14.4. The minimum absolute atomic E-state index is 0.0217. The number of carbonyl (C=O) groups is 2. The second kappa shape index (κ2) is 8.98. The SMILES string of the molecule is O=C(CNC(=O)c1ccccc1)OCCCS(=O)(=O)c1ccccc1. The van der Waals surface area contributed by atoms with Gasteiger partial charge in [0.2, 0.25) is 0 Å². The molecule has 0 heterocycles. The van der Waals surface area contributed by atoms with Gasteiger partial charge in [-0.05, 0) is 30.7 Å². The molecule has 0 saturated heterocycles. The molecule has 6 nitrogen and oxygen atoms in total. The summed E-state index contributed by atoms with van der Waals surface area (Å²) in [6.07, 6.45) is 0.190. The molecule has 0 aromatic heterocycles. The number of rotatable bonds is 8. The van der Waals surface area contributed by atoms with Crippen molar-refractivity contribution < 1.29 is 22.7 Å². The minimum atomic E-state index is -3.38. The molecule has 0 spiro atoms. The number of sulfone groups is 1. The molecule has 0 unspecified atom stereocenters. The monoisotopic (exact) mass is 361 g/mol. The summed E-state index contributed by atoms with van der Waals surface area (Å²) < 4.78 is 29.0. The van der Waals surface area contributed by atoms with Gasteiger partial charge in [-0.1, -0.05) is 36.4 Å². The Balaban J connectivity index is 1.68. The molecule has 0 aliphatic carbocycles. The van der Waals surface area contributed by atoms with Crippen LogP contribution in [0.15, 0.2) is 65.6 Å². The first-order valence-electron chi connectivity index (χ1n) is 7.76. The average molecular weight is 361 g/mol. The van der Waals surface area contributed by atoms with Gasteiger partial charge in [-0.2, -0.15) is 0 Å². The molecule has 1 amide bonds. The van der Waals surface area contributed by atoms with Gasteiger partial charge < -0.3 is 10.1 Å². The van der Waals surface area contributed by atoms with Gasteiger partial charge in [0, 0.05) is 5.56 Å². The lowest BCUT2D eigenvalue weighted by atomic mass is 10.2. The predicted molar refractivity (Wildman–Crippen MR) is 92.8 cm³/mol. The molecule has 0 bridgehead atoms. The van der Waals surface area contributed by atoms with E-state index < -0.39 is 15.8 Å². The van der Waals surface area contributed by atoms with E-state index in [1.54, 1.807) is 48.5 Å². The van der Waals surface area contributed by atoms with Crippen LogP contribution in [0.5, 0.6) is 0 Å². The molecule has 0 aliphatic rings. The number of benzene rings is 2. The summed E-state index contributed by atoms with van der Waals surface area (Å²) in [7, 11) is -3.38. The van der Waals surface area contributed by atoms with Crippen LogP contribution in [0, 0.1) is 0 Å². The highest BCUT2D eigenvalue weighted by Gasteiger charge is 2.14. The van der Waals surface area contributed by atoms with Crippen LogP contribution < -0.4 is 5.32 Å². The molecule has 25 heavy (non-hydrogen) atoms. The molecular formula is C18H19NO5S. The molecule has 2 rings (SSSR count). The van der Waals surface area contributed by atoms with Crippen molar-refractivity contribution in [1.29, 1.82) is 0 Å². The van der Waals surface area contributed by atoms with Crippen molar-refractivity contribution >= 4 is 21.7 Å². The van der Waals surface area contributed by atoms with Crippen molar-refractivity contribution in [1.82, 2.24) is 5.32 Å². The second-order valence-corrected chi connectivity index (χ2v) is 7.36. The zero-order chi connectivity index (χ0) is 18.1. The number of carbonyl (C=O) groups excluding carboxylic acids is 2. The fraction of sp³-hybridized carbons (Fsp3) is 0.222. The van der Waals surface area contributed by atoms with Crippen LogP contribution in [-0.2, 0) is 19.4 Å². The second-order valence-electron chi connectivity index (χ2n) is 5.25. The lowest BCUT2D eigenvalue weighted by Gasteiger charge is -2.07. The maximum Gasteiger partial charge on any atom is 0.325 e. The molecule has 0 radical (unpaired) electrons. The standard InChI is InChI=1S/C18H19NO5S/c20-17(14-19-18(21)15-8-3-1-4-9-15)24-12-7-13-25(22,23)16-10-5-2-6-11-16/h1-6,8-11H,7,12-14H2,(H,19,21). The molecule has 0 atom stereocenters. The highest BCUT2D eigenvalue weighted by molar-refractivity contribution is 7.91. The largest absolute Gasteiger partial charge is 0.464 e. The Morgan fingerprint density at radius 2 is 1.52 bits per heavy atom. The van der Waals surface area contributed by atoms with Crippen LogP contribution in [0.1, 0.15) is 16.8 Å². The highest BCUT2D eigenvalue weighted by Crippen LogP contribution is 2.11. The maximum atomic E-state index is 12.1. The van der Waals surface area contributed by atoms with Crippen LogP contribution in [0.4, 0.5) is 0 Å². The van der Waals surface area contributed by atoms with Gasteiger partial charge in [0.15, 0.2) is 9.84 Å². The Bertz CT molecular complexity index is 804. The van der Waals surface area contributed by atoms with Crippen LogP contribution in [0.25, 0.3) is 0 Å². The van der Waals surface area contributed by atoms with Gasteiger partial charge in [0.05, 0.1) is 17.3 Å². The first kappa shape index (κ1) is 18.7. The number of amides is 1. The number of esters is 1. The van der Waals surface area contributed by atoms with Gasteiger partial charge in [0.25, 0.3) is 5.91 Å². The van der Waals surface area contributed by atoms with Gasteiger partial charge >= 0.3 is 5.97 Å². The molecule has 0 saturated carbocycles. The third-order valence-corrected chi connectivity index (χ3v) is 5.17. The fourth-order valence-corrected chi connectivity index (χ4v) is 3.38. The Hall–Kier alpha value is -2.67. The summed E-state index contributed by atoms with van der Waals surface area (Å²) in [5.74, 6) is -1.09. The highest BCUT2D eigenvalue weighted by atomic mass is 32.2. The van der Waals surface area contributed by atoms with Gasteiger partial charge in [-0.15, -0.1) is 0 Å². The van der Waals surface area contributed by atoms with Gasteiger partial charge in [-0.3, -0.25) is 9.59 Å². The van der Waals surface area contributed by atoms with E-state index in [9.17, 15) is 18.0 Å². The van der Waals surface area contributed by atoms with E-state index >= 15 is 0 Å². The van der Waals surface area contributed by atoms with Crippen molar-refractivity contribution in [3.63, 3.8) is 0 Å². The van der Waals surface area contributed by atoms with Crippen LogP contribution in [0.3, 0.4) is 0 Å². The molecule has 1 N–H and O–H groups in total. The van der Waals surface area contributed by atoms with E-state index in [0.29, 0.717) is 5.56 Å². The first-order valence-corrected chi connectivity index (χ1v) is 9.41. The van der Waals surface area contributed by atoms with E-state index in [4.69, 9.17) is 4.74 Å². The van der Waals surface area contributed by atoms with Crippen LogP contribution in [0.2, 0.25) is 0 Å². The zero-order valence-electron chi connectivity index (χ0n) is 13.6. The number of hydrogen-bond donors (Lipinski definition) is 1. The van der Waals surface area contributed by atoms with E-state index in [-0.39, 0.29) is 36.1 Å². The molecular weight excluding hydrogens is 342 g/mol. The predicted octanol–water partition coefficient (Wildman–Crippen LogP) is 1.82. The van der Waals surface area contributed by atoms with E-state index in [1.165, 1.54) is 12.1 Å². The summed E-state index contributed by atoms with van der Waals surface area (Å²) in [6.45, 7) is -0.286. The number of nitrogens with one attached hydrogen (secondary N) is 1. The summed E-state index contributed by atoms with van der Waals surface area (Å²) >= 11 is 0. The maximum absolute atomic E-state index is 12.1. The Labute approximate surface area is 146 Å². The van der Waals surface area contributed by atoms with E-state index in [1.807, 2.05) is 0 Å². The Morgan fingerprint density at radius 1 is 0.920 bits per heavy atom. The molecule has 0 aliphatic heterocycles. The summed E-state index contributed by atoms with van der Waals surface area (Å²) in [5, 5.41) is 2.45. The third kappa shape index (κ3) is 6.04. The van der Waals surface area contributed by atoms with E-state index in [2.05, 4.69) is 5.32 Å². The summed E-state index contributed by atoms with van der Waals surface area (Å²) in [4.78, 5) is 23.6. The molecule has 7 heteroatoms. The summed E-state index contributed by atoms with van der Waals surface area (Å²) in [6, 6.07) is 16.6. The lowest BCUT2D eigenvalue weighted by molar-refractivity contribution is -0.142. The molecule has 2 aromatic carbocycles. The molecule has 0 fully saturated rings. The van der Waals surface area contributed by atoms with E-state index in [0.717, 1.165) is 0 Å². The number of hydrogen-bond acceptors (Lipinski definition) is 5. The van der Waals surface area contributed by atoms with Crippen molar-refractivity contribution in [3.8, 4) is 0 Å². The fourth-order valence-electron chi connectivity index (χ4n) is 2.08. The topological polar surface area (TPSA) is 89.5 Å². The van der Waals surface area contributed by atoms with Crippen molar-refractivity contribution in [2.45, 2.75) is 11.3 Å². The van der Waals surface area contributed by atoms with Crippen molar-refractivity contribution in [2.24, 2.45) is 0 Å². The Morgan fingerprint density at radius 3 is 2.16 bits per heavy atom. The van der Waals surface area contributed by atoms with Crippen LogP contribution >= 0.6 is 0 Å². The minimum Gasteiger partial charge on any atom is -0.464 e. The average Bonchev–Trinajstić information content (AvgIpc) is 2.64. The number of ether oxygens (including phenoxy) is 1. The summed E-state index contributed by atoms with van der Waals surface area (Å²) in [5.41, 5.74) is 0.448. The quantitative estimate of drug-likeness (QED) is 0.572. The normalized spacial score (nSPS) is 10.9. The van der Waals surface area contributed by atoms with Crippen LogP contribution in [-0.4, -0.2) is 39.2 Å².